The molecule has 0 saturated heterocycles. The highest BCUT2D eigenvalue weighted by Gasteiger charge is 2.33. The van der Waals surface area contributed by atoms with Crippen LogP contribution in [0.5, 0.6) is 0 Å². The molecule has 0 spiro atoms. The minimum Gasteiger partial charge on any atom is -0.388 e. The second-order valence-corrected chi connectivity index (χ2v) is 6.53. The summed E-state index contributed by atoms with van der Waals surface area (Å²) in [6, 6.07) is 6.64. The van der Waals surface area contributed by atoms with Crippen LogP contribution in [0.3, 0.4) is 0 Å². The number of fused-ring (bicyclic) bond motifs is 1. The molecule has 0 aliphatic carbocycles. The van der Waals surface area contributed by atoms with Crippen molar-refractivity contribution in [2.45, 2.75) is 64.5 Å². The van der Waals surface area contributed by atoms with Gasteiger partial charge in [0.2, 0.25) is 0 Å². The molecular formula is C20H27F3N2. The number of aromatic nitrogens is 1. The van der Waals surface area contributed by atoms with Gasteiger partial charge in [0, 0.05) is 18.1 Å². The summed E-state index contributed by atoms with van der Waals surface area (Å²) in [4.78, 5) is 3.77. The van der Waals surface area contributed by atoms with Gasteiger partial charge < -0.3 is 5.32 Å². The lowest BCUT2D eigenvalue weighted by Crippen LogP contribution is -2.09. The molecule has 138 valence electrons. The molecule has 0 saturated carbocycles. The Morgan fingerprint density at radius 1 is 0.960 bits per heavy atom. The molecule has 2 nitrogen and oxygen atoms in total. The highest BCUT2D eigenvalue weighted by molar-refractivity contribution is 5.92. The maximum atomic E-state index is 12.9. The quantitative estimate of drug-likeness (QED) is 0.515. The Labute approximate surface area is 147 Å². The van der Waals surface area contributed by atoms with Crippen LogP contribution in [0, 0.1) is 0 Å². The van der Waals surface area contributed by atoms with Gasteiger partial charge >= 0.3 is 6.18 Å². The third kappa shape index (κ3) is 5.62. The van der Waals surface area contributed by atoms with Crippen molar-refractivity contribution in [2.24, 2.45) is 0 Å². The van der Waals surface area contributed by atoms with Gasteiger partial charge in [-0.25, -0.2) is 4.98 Å². The van der Waals surface area contributed by atoms with Crippen molar-refractivity contribution in [3.8, 4) is 0 Å². The average Bonchev–Trinajstić information content (AvgIpc) is 2.59. The fraction of sp³-hybridized carbons (Fsp3) is 0.550. The molecule has 0 bridgehead atoms. The minimum absolute atomic E-state index is 0.377. The first-order valence-corrected chi connectivity index (χ1v) is 9.14. The van der Waals surface area contributed by atoms with E-state index in [2.05, 4.69) is 17.2 Å². The van der Waals surface area contributed by atoms with Crippen LogP contribution in [-0.2, 0) is 12.6 Å². The number of nitrogens with zero attached hydrogens (tertiary/aromatic N) is 1. The lowest BCUT2D eigenvalue weighted by Gasteiger charge is -2.12. The van der Waals surface area contributed by atoms with E-state index in [0.29, 0.717) is 11.2 Å². The molecular weight excluding hydrogens is 325 g/mol. The molecule has 2 rings (SSSR count). The van der Waals surface area contributed by atoms with E-state index in [-0.39, 0.29) is 0 Å². The van der Waals surface area contributed by atoms with E-state index in [9.17, 15) is 13.2 Å². The number of unbranched alkanes of at least 4 members (excludes halogenated alkanes) is 6. The number of anilines is 1. The molecule has 1 aromatic heterocycles. The predicted octanol–water partition coefficient (Wildman–Crippen LogP) is 6.59. The van der Waals surface area contributed by atoms with E-state index in [1.54, 1.807) is 13.1 Å². The number of hydrogen-bond acceptors (Lipinski definition) is 2. The van der Waals surface area contributed by atoms with Crippen molar-refractivity contribution in [2.75, 3.05) is 12.4 Å². The van der Waals surface area contributed by atoms with Gasteiger partial charge in [-0.3, -0.25) is 0 Å². The number of benzene rings is 1. The number of hydrogen-bond donors (Lipinski definition) is 1. The fourth-order valence-corrected chi connectivity index (χ4v) is 3.07. The molecule has 2 aromatic rings. The first kappa shape index (κ1) is 19.5. The van der Waals surface area contributed by atoms with Gasteiger partial charge in [-0.1, -0.05) is 51.5 Å². The Morgan fingerprint density at radius 3 is 2.28 bits per heavy atom. The van der Waals surface area contributed by atoms with Gasteiger partial charge in [-0.15, -0.1) is 0 Å². The van der Waals surface area contributed by atoms with E-state index >= 15 is 0 Å². The van der Waals surface area contributed by atoms with Crippen LogP contribution in [0.25, 0.3) is 10.9 Å². The normalized spacial score (nSPS) is 11.9. The van der Waals surface area contributed by atoms with E-state index in [1.165, 1.54) is 38.5 Å². The summed E-state index contributed by atoms with van der Waals surface area (Å²) in [5.74, 6) is 0. The number of aryl methyl sites for hydroxylation is 1. The number of nitrogens with one attached hydrogen (secondary N) is 1. The van der Waals surface area contributed by atoms with Gasteiger partial charge in [0.05, 0.1) is 5.52 Å². The summed E-state index contributed by atoms with van der Waals surface area (Å²) in [6.45, 7) is 2.21. The van der Waals surface area contributed by atoms with Crippen LogP contribution in [0.2, 0.25) is 0 Å². The highest BCUT2D eigenvalue weighted by Crippen LogP contribution is 2.33. The number of pyridine rings is 1. The Morgan fingerprint density at radius 2 is 1.64 bits per heavy atom. The minimum atomic E-state index is -4.43. The van der Waals surface area contributed by atoms with Crippen LogP contribution < -0.4 is 5.32 Å². The van der Waals surface area contributed by atoms with Crippen LogP contribution in [0.1, 0.15) is 63.1 Å². The highest BCUT2D eigenvalue weighted by atomic mass is 19.4. The second kappa shape index (κ2) is 9.07. The Bertz CT molecular complexity index is 680. The average molecular weight is 352 g/mol. The zero-order chi connectivity index (χ0) is 18.3. The molecule has 0 aliphatic heterocycles. The van der Waals surface area contributed by atoms with Crippen LogP contribution in [-0.4, -0.2) is 12.0 Å². The second-order valence-electron chi connectivity index (χ2n) is 6.53. The molecule has 5 heteroatoms. The first-order valence-electron chi connectivity index (χ1n) is 9.14. The Balaban J connectivity index is 2.04. The summed E-state index contributed by atoms with van der Waals surface area (Å²) < 4.78 is 38.8. The lowest BCUT2D eigenvalue weighted by molar-refractivity contribution is -0.140. The molecule has 0 atom stereocenters. The van der Waals surface area contributed by atoms with Crippen molar-refractivity contribution in [1.82, 2.24) is 4.98 Å². The summed E-state index contributed by atoms with van der Waals surface area (Å²) in [5, 5.41) is 3.61. The van der Waals surface area contributed by atoms with E-state index in [1.807, 2.05) is 12.1 Å². The molecule has 0 amide bonds. The zero-order valence-corrected chi connectivity index (χ0v) is 15.0. The molecule has 0 fully saturated rings. The SMILES string of the molecule is CCCCCCCCCc1ccc2nc(C(F)(F)F)cc(NC)c2c1. The Kier molecular flexibility index (Phi) is 7.09. The van der Waals surface area contributed by atoms with Gasteiger partial charge in [-0.05, 0) is 36.6 Å². The monoisotopic (exact) mass is 352 g/mol. The third-order valence-electron chi connectivity index (χ3n) is 4.50. The largest absolute Gasteiger partial charge is 0.433 e. The van der Waals surface area contributed by atoms with Gasteiger partial charge in [0.15, 0.2) is 0 Å². The summed E-state index contributed by atoms with van der Waals surface area (Å²) >= 11 is 0. The molecule has 0 aliphatic rings. The van der Waals surface area contributed by atoms with Crippen molar-refractivity contribution < 1.29 is 13.2 Å². The topological polar surface area (TPSA) is 24.9 Å². The van der Waals surface area contributed by atoms with E-state index in [4.69, 9.17) is 0 Å². The maximum Gasteiger partial charge on any atom is 0.433 e. The van der Waals surface area contributed by atoms with E-state index < -0.39 is 11.9 Å². The van der Waals surface area contributed by atoms with Gasteiger partial charge in [0.25, 0.3) is 0 Å². The van der Waals surface area contributed by atoms with Crippen molar-refractivity contribution >= 4 is 16.6 Å². The Hall–Kier alpha value is -1.78. The standard InChI is InChI=1S/C20H27F3N2/c1-3-4-5-6-7-8-9-10-15-11-12-17-16(13-15)18(24-2)14-19(25-17)20(21,22)23/h11-14H,3-10H2,1-2H3,(H,24,25). The summed E-state index contributed by atoms with van der Waals surface area (Å²) in [7, 11) is 1.64. The van der Waals surface area contributed by atoms with Crippen molar-refractivity contribution in [3.63, 3.8) is 0 Å². The molecule has 1 heterocycles. The van der Waals surface area contributed by atoms with Gasteiger partial charge in [-0.2, -0.15) is 13.2 Å². The van der Waals surface area contributed by atoms with Crippen LogP contribution in [0.4, 0.5) is 18.9 Å². The number of rotatable bonds is 9. The van der Waals surface area contributed by atoms with Gasteiger partial charge in [0.1, 0.15) is 5.69 Å². The number of alkyl halides is 3. The molecule has 0 unspecified atom stereocenters. The van der Waals surface area contributed by atoms with Crippen molar-refractivity contribution in [1.29, 1.82) is 0 Å². The number of halogens is 3. The molecule has 1 N–H and O–H groups in total. The van der Waals surface area contributed by atoms with E-state index in [0.717, 1.165) is 29.9 Å². The molecule has 25 heavy (non-hydrogen) atoms. The summed E-state index contributed by atoms with van der Waals surface area (Å²) in [5.41, 5.74) is 1.14. The predicted molar refractivity (Wildman–Crippen MR) is 98.0 cm³/mol. The lowest BCUT2D eigenvalue weighted by atomic mass is 10.0. The third-order valence-corrected chi connectivity index (χ3v) is 4.50. The van der Waals surface area contributed by atoms with Crippen LogP contribution in [0.15, 0.2) is 24.3 Å². The summed E-state index contributed by atoms with van der Waals surface area (Å²) in [6.07, 6.45) is 5.26. The maximum absolute atomic E-state index is 12.9. The zero-order valence-electron chi connectivity index (χ0n) is 15.0. The van der Waals surface area contributed by atoms with Crippen LogP contribution >= 0.6 is 0 Å². The fourth-order valence-electron chi connectivity index (χ4n) is 3.07. The molecule has 1 aromatic carbocycles. The smallest absolute Gasteiger partial charge is 0.388 e. The first-order chi connectivity index (χ1) is 12.0. The van der Waals surface area contributed by atoms with Crippen molar-refractivity contribution in [3.05, 3.63) is 35.5 Å². The molecule has 0 radical (unpaired) electrons.